The molecule has 2 N–H and O–H groups in total. The minimum absolute atomic E-state index is 0.271. The number of nitrogens with zero attached hydrogens (tertiary/aromatic N) is 4. The number of hydrogen-bond donors (Lipinski definition) is 2. The average molecular weight is 347 g/mol. The molecule has 11 nitrogen and oxygen atoms in total. The highest BCUT2D eigenvalue weighted by molar-refractivity contribution is 7.80. The van der Waals surface area contributed by atoms with Crippen LogP contribution in [0.15, 0.2) is 4.42 Å². The van der Waals surface area contributed by atoms with Crippen LogP contribution in [0.1, 0.15) is 30.7 Å². The molecule has 12 heteroatoms. The molecular weight excluding hydrogens is 330 g/mol. The van der Waals surface area contributed by atoms with Gasteiger partial charge in [-0.1, -0.05) is 0 Å². The van der Waals surface area contributed by atoms with Crippen LogP contribution in [-0.2, 0) is 21.1 Å². The number of nitrogens with one attached hydrogen (secondary N) is 1. The summed E-state index contributed by atoms with van der Waals surface area (Å²) in [5.74, 6) is 0.783. The first-order valence-electron chi connectivity index (χ1n) is 7.13. The zero-order valence-corrected chi connectivity index (χ0v) is 13.2. The molecule has 2 aliphatic rings. The third-order valence-corrected chi connectivity index (χ3v) is 4.20. The Morgan fingerprint density at radius 1 is 1.43 bits per heavy atom. The molecule has 2 fully saturated rings. The lowest BCUT2D eigenvalue weighted by Crippen LogP contribution is -2.35. The summed E-state index contributed by atoms with van der Waals surface area (Å²) in [6.45, 7) is 0.959. The molecule has 23 heavy (non-hydrogen) atoms. The molecular formula is C11H17N5O6S. The number of aromatic nitrogens is 2. The van der Waals surface area contributed by atoms with Crippen LogP contribution in [0.3, 0.4) is 0 Å². The highest BCUT2D eigenvalue weighted by atomic mass is 32.3. The molecule has 2 atom stereocenters. The monoisotopic (exact) mass is 347 g/mol. The van der Waals surface area contributed by atoms with Crippen LogP contribution >= 0.6 is 0 Å². The van der Waals surface area contributed by atoms with E-state index >= 15 is 0 Å². The zero-order valence-electron chi connectivity index (χ0n) is 12.4. The number of likely N-dealkylation sites (N-methyl/N-ethyl adjacent to an activating group) is 1. The third-order valence-electron chi connectivity index (χ3n) is 3.85. The second-order valence-electron chi connectivity index (χ2n) is 5.40. The van der Waals surface area contributed by atoms with Gasteiger partial charge in [-0.3, -0.25) is 4.55 Å². The summed E-state index contributed by atoms with van der Waals surface area (Å²) in [5.41, 5.74) is 0. The number of piperidine rings is 1. The minimum Gasteiger partial charge on any atom is -0.423 e. The molecule has 1 aromatic heterocycles. The van der Waals surface area contributed by atoms with E-state index in [0.717, 1.165) is 0 Å². The Morgan fingerprint density at radius 2 is 2.22 bits per heavy atom. The lowest BCUT2D eigenvalue weighted by molar-refractivity contribution is -0.0317. The van der Waals surface area contributed by atoms with E-state index in [0.29, 0.717) is 42.7 Å². The van der Waals surface area contributed by atoms with E-state index in [1.807, 2.05) is 7.05 Å². The zero-order chi connectivity index (χ0) is 16.6. The number of carbonyl (C=O) groups excluding carboxylic acids is 1. The van der Waals surface area contributed by atoms with Crippen LogP contribution < -0.4 is 5.32 Å². The Morgan fingerprint density at radius 3 is 2.91 bits per heavy atom. The Kier molecular flexibility index (Phi) is 4.23. The van der Waals surface area contributed by atoms with Crippen LogP contribution in [-0.4, -0.2) is 65.3 Å². The predicted octanol–water partition coefficient (Wildman–Crippen LogP) is -0.493. The Labute approximate surface area is 132 Å². The summed E-state index contributed by atoms with van der Waals surface area (Å²) in [5, 5.41) is 11.6. The maximum Gasteiger partial charge on any atom is 0.418 e. The van der Waals surface area contributed by atoms with E-state index in [2.05, 4.69) is 19.8 Å². The molecule has 2 aliphatic heterocycles. The molecule has 3 rings (SSSR count). The number of amides is 2. The Bertz CT molecular complexity index is 691. The van der Waals surface area contributed by atoms with Crippen molar-refractivity contribution in [3.8, 4) is 0 Å². The van der Waals surface area contributed by atoms with E-state index in [9.17, 15) is 13.2 Å². The largest absolute Gasteiger partial charge is 0.423 e. The van der Waals surface area contributed by atoms with Crippen molar-refractivity contribution in [1.82, 2.24) is 25.5 Å². The summed E-state index contributed by atoms with van der Waals surface area (Å²) < 4.78 is 40.4. The molecule has 0 radical (unpaired) electrons. The van der Waals surface area contributed by atoms with Gasteiger partial charge in [0.15, 0.2) is 0 Å². The second-order valence-corrected chi connectivity index (χ2v) is 6.40. The van der Waals surface area contributed by atoms with Crippen LogP contribution in [0.5, 0.6) is 0 Å². The van der Waals surface area contributed by atoms with Gasteiger partial charge in [-0.05, 0) is 19.9 Å². The fraction of sp³-hybridized carbons (Fsp3) is 0.727. The molecule has 2 amide bonds. The SMILES string of the molecule is CNCCc1nnc([C@@H]2CC[C@@H]3CN2C(=O)N3OS(=O)(=O)O)o1. The number of rotatable bonds is 6. The van der Waals surface area contributed by atoms with Crippen molar-refractivity contribution in [1.29, 1.82) is 0 Å². The van der Waals surface area contributed by atoms with E-state index < -0.39 is 28.5 Å². The van der Waals surface area contributed by atoms with E-state index in [1.165, 1.54) is 4.90 Å². The first kappa shape index (κ1) is 16.1. The first-order chi connectivity index (χ1) is 10.9. The van der Waals surface area contributed by atoms with E-state index in [-0.39, 0.29) is 6.54 Å². The maximum atomic E-state index is 12.3. The molecule has 0 saturated carbocycles. The van der Waals surface area contributed by atoms with Gasteiger partial charge in [0, 0.05) is 19.5 Å². The maximum absolute atomic E-state index is 12.3. The van der Waals surface area contributed by atoms with Crippen LogP contribution in [0, 0.1) is 0 Å². The Balaban J connectivity index is 1.74. The standard InChI is InChI=1S/C11H17N5O6S/c1-12-5-4-9-13-14-10(21-9)8-3-2-7-6-15(8)11(17)16(7)22-23(18,19)20/h7-8,12H,2-6H2,1H3,(H,18,19,20)/t7-,8+/m1/s1. The van der Waals surface area contributed by atoms with Gasteiger partial charge in [0.25, 0.3) is 0 Å². The predicted molar refractivity (Wildman–Crippen MR) is 74.3 cm³/mol. The summed E-state index contributed by atoms with van der Waals surface area (Å²) in [6, 6.07) is -1.51. The quantitative estimate of drug-likeness (QED) is 0.652. The molecule has 3 heterocycles. The Hall–Kier alpha value is -1.76. The lowest BCUT2D eigenvalue weighted by atomic mass is 10.0. The fourth-order valence-corrected chi connectivity index (χ4v) is 3.21. The van der Waals surface area contributed by atoms with Gasteiger partial charge < -0.3 is 14.6 Å². The molecule has 0 aliphatic carbocycles. The molecule has 0 spiro atoms. The first-order valence-corrected chi connectivity index (χ1v) is 8.49. The van der Waals surface area contributed by atoms with Crippen molar-refractivity contribution in [3.05, 3.63) is 11.8 Å². The normalized spacial score (nSPS) is 24.5. The second kappa shape index (κ2) is 6.03. The van der Waals surface area contributed by atoms with Crippen LogP contribution in [0.4, 0.5) is 4.79 Å². The van der Waals surface area contributed by atoms with Gasteiger partial charge in [0.1, 0.15) is 6.04 Å². The molecule has 0 unspecified atom stereocenters. The molecule has 128 valence electrons. The van der Waals surface area contributed by atoms with Gasteiger partial charge in [-0.2, -0.15) is 13.5 Å². The van der Waals surface area contributed by atoms with Gasteiger partial charge in [-0.25, -0.2) is 4.79 Å². The molecule has 2 bridgehead atoms. The number of fused-ring (bicyclic) bond motifs is 2. The number of hydroxylamine groups is 2. The summed E-state index contributed by atoms with van der Waals surface area (Å²) in [6.07, 6.45) is 1.61. The van der Waals surface area contributed by atoms with E-state index in [4.69, 9.17) is 8.97 Å². The number of carbonyl (C=O) groups is 1. The smallest absolute Gasteiger partial charge is 0.418 e. The summed E-state index contributed by atoms with van der Waals surface area (Å²) >= 11 is 0. The van der Waals surface area contributed by atoms with Gasteiger partial charge >= 0.3 is 16.4 Å². The van der Waals surface area contributed by atoms with Crippen LogP contribution in [0.25, 0.3) is 0 Å². The summed E-state index contributed by atoms with van der Waals surface area (Å²) in [4.78, 5) is 13.7. The van der Waals surface area contributed by atoms with E-state index in [1.54, 1.807) is 0 Å². The summed E-state index contributed by atoms with van der Waals surface area (Å²) in [7, 11) is -2.94. The van der Waals surface area contributed by atoms with Crippen molar-refractivity contribution in [3.63, 3.8) is 0 Å². The number of urea groups is 1. The highest BCUT2D eigenvalue weighted by Crippen LogP contribution is 2.38. The van der Waals surface area contributed by atoms with Crippen molar-refractivity contribution >= 4 is 16.4 Å². The lowest BCUT2D eigenvalue weighted by Gasteiger charge is -2.27. The molecule has 0 aromatic carbocycles. The van der Waals surface area contributed by atoms with Crippen molar-refractivity contribution in [2.75, 3.05) is 20.1 Å². The minimum atomic E-state index is -4.75. The topological polar surface area (TPSA) is 138 Å². The van der Waals surface area contributed by atoms with Crippen molar-refractivity contribution < 1.29 is 26.5 Å². The molecule has 2 saturated heterocycles. The van der Waals surface area contributed by atoms with Gasteiger partial charge in [-0.15, -0.1) is 14.5 Å². The van der Waals surface area contributed by atoms with Crippen molar-refractivity contribution in [2.45, 2.75) is 31.3 Å². The van der Waals surface area contributed by atoms with Crippen LogP contribution in [0.2, 0.25) is 0 Å². The molecule has 1 aromatic rings. The average Bonchev–Trinajstić information content (AvgIpc) is 3.04. The van der Waals surface area contributed by atoms with Gasteiger partial charge in [0.2, 0.25) is 11.8 Å². The number of hydrogen-bond acceptors (Lipinski definition) is 8. The fourth-order valence-electron chi connectivity index (χ4n) is 2.82. The van der Waals surface area contributed by atoms with Crippen molar-refractivity contribution in [2.24, 2.45) is 0 Å². The van der Waals surface area contributed by atoms with Gasteiger partial charge in [0.05, 0.1) is 6.04 Å². The third kappa shape index (κ3) is 3.29. The highest BCUT2D eigenvalue weighted by Gasteiger charge is 2.49.